The highest BCUT2D eigenvalue weighted by Gasteiger charge is 2.42. The van der Waals surface area contributed by atoms with E-state index in [0.29, 0.717) is 17.4 Å². The molecule has 0 saturated carbocycles. The van der Waals surface area contributed by atoms with Gasteiger partial charge in [-0.25, -0.2) is 4.98 Å². The van der Waals surface area contributed by atoms with E-state index in [0.717, 1.165) is 19.6 Å². The fourth-order valence-corrected chi connectivity index (χ4v) is 3.08. The smallest absolute Gasteiger partial charge is 0.259 e. The molecule has 1 aromatic heterocycles. The van der Waals surface area contributed by atoms with Gasteiger partial charge in [-0.15, -0.1) is 0 Å². The molecule has 21 heavy (non-hydrogen) atoms. The normalized spacial score (nSPS) is 25.5. The lowest BCUT2D eigenvalue weighted by molar-refractivity contribution is 0.0680. The van der Waals surface area contributed by atoms with E-state index in [9.17, 15) is 4.79 Å². The molecule has 0 aromatic carbocycles. The molecular weight excluding hydrogens is 266 g/mol. The molecular formula is C16H23N3O2. The molecule has 1 amide bonds. The van der Waals surface area contributed by atoms with Crippen molar-refractivity contribution in [2.75, 3.05) is 26.7 Å². The van der Waals surface area contributed by atoms with Gasteiger partial charge in [0, 0.05) is 26.3 Å². The van der Waals surface area contributed by atoms with Crippen molar-refractivity contribution in [1.82, 2.24) is 14.8 Å². The van der Waals surface area contributed by atoms with Crippen molar-refractivity contribution in [2.24, 2.45) is 5.92 Å². The molecule has 1 saturated heterocycles. The molecule has 0 radical (unpaired) electrons. The highest BCUT2D eigenvalue weighted by molar-refractivity contribution is 5.96. The number of hydrogen-bond acceptors (Lipinski definition) is 4. The molecule has 0 spiro atoms. The van der Waals surface area contributed by atoms with Gasteiger partial charge in [0.2, 0.25) is 5.88 Å². The van der Waals surface area contributed by atoms with Crippen LogP contribution in [0.5, 0.6) is 5.88 Å². The zero-order valence-electron chi connectivity index (χ0n) is 13.0. The number of likely N-dealkylation sites (tertiary alicyclic amines) is 1. The summed E-state index contributed by atoms with van der Waals surface area (Å²) in [6, 6.07) is 3.68. The first-order valence-corrected chi connectivity index (χ1v) is 7.67. The Bertz CT molecular complexity index is 532. The van der Waals surface area contributed by atoms with Crippen molar-refractivity contribution in [1.29, 1.82) is 0 Å². The van der Waals surface area contributed by atoms with Crippen LogP contribution in [0, 0.1) is 5.92 Å². The molecule has 3 rings (SSSR count). The second-order valence-electron chi connectivity index (χ2n) is 6.44. The zero-order chi connectivity index (χ0) is 15.0. The van der Waals surface area contributed by atoms with E-state index in [1.807, 2.05) is 11.9 Å². The van der Waals surface area contributed by atoms with Crippen LogP contribution < -0.4 is 4.74 Å². The third kappa shape index (κ3) is 2.75. The van der Waals surface area contributed by atoms with Crippen LogP contribution in [0.2, 0.25) is 0 Å². The predicted octanol–water partition coefficient (Wildman–Crippen LogP) is 1.64. The van der Waals surface area contributed by atoms with Gasteiger partial charge in [0.25, 0.3) is 5.91 Å². The predicted molar refractivity (Wildman–Crippen MR) is 80.4 cm³/mol. The number of nitrogens with zero attached hydrogens (tertiary/aromatic N) is 3. The minimum absolute atomic E-state index is 0.0105. The molecule has 114 valence electrons. The molecule has 0 N–H and O–H groups in total. The van der Waals surface area contributed by atoms with E-state index in [1.54, 1.807) is 18.3 Å². The van der Waals surface area contributed by atoms with Crippen molar-refractivity contribution in [3.63, 3.8) is 0 Å². The van der Waals surface area contributed by atoms with E-state index in [4.69, 9.17) is 4.74 Å². The Morgan fingerprint density at radius 2 is 2.24 bits per heavy atom. The summed E-state index contributed by atoms with van der Waals surface area (Å²) in [5.74, 6) is 1.18. The maximum atomic E-state index is 12.5. The number of likely N-dealkylation sites (N-methyl/N-ethyl adjacent to an activating group) is 1. The monoisotopic (exact) mass is 289 g/mol. The number of rotatable bonds is 3. The van der Waals surface area contributed by atoms with Crippen LogP contribution in [-0.4, -0.2) is 59.5 Å². The number of carbonyl (C=O) groups is 1. The van der Waals surface area contributed by atoms with Crippen LogP contribution in [0.4, 0.5) is 0 Å². The molecule has 0 bridgehead atoms. The number of pyridine rings is 1. The summed E-state index contributed by atoms with van der Waals surface area (Å²) in [6.45, 7) is 7.28. The fraction of sp³-hybridized carbons (Fsp3) is 0.625. The van der Waals surface area contributed by atoms with Crippen LogP contribution in [0.1, 0.15) is 30.6 Å². The zero-order valence-corrected chi connectivity index (χ0v) is 13.0. The summed E-state index contributed by atoms with van der Waals surface area (Å²) < 4.78 is 6.04. The summed E-state index contributed by atoms with van der Waals surface area (Å²) in [5.41, 5.74) is 0.572. The number of amides is 1. The van der Waals surface area contributed by atoms with Crippen molar-refractivity contribution in [3.05, 3.63) is 23.9 Å². The maximum absolute atomic E-state index is 12.5. The van der Waals surface area contributed by atoms with E-state index in [1.165, 1.54) is 6.42 Å². The average molecular weight is 289 g/mol. The lowest BCUT2D eigenvalue weighted by atomic mass is 10.1. The van der Waals surface area contributed by atoms with Gasteiger partial charge in [0.05, 0.1) is 6.04 Å². The average Bonchev–Trinajstić information content (AvgIpc) is 2.83. The highest BCUT2D eigenvalue weighted by Crippen LogP contribution is 2.29. The van der Waals surface area contributed by atoms with Crippen molar-refractivity contribution in [3.8, 4) is 5.88 Å². The largest absolute Gasteiger partial charge is 0.470 e. The quantitative estimate of drug-likeness (QED) is 0.849. The molecule has 2 atom stereocenters. The van der Waals surface area contributed by atoms with E-state index < -0.39 is 0 Å². The first-order valence-electron chi connectivity index (χ1n) is 7.67. The Hall–Kier alpha value is -1.62. The van der Waals surface area contributed by atoms with Crippen molar-refractivity contribution in [2.45, 2.75) is 32.4 Å². The van der Waals surface area contributed by atoms with Crippen LogP contribution in [0.25, 0.3) is 0 Å². The first kappa shape index (κ1) is 14.3. The molecule has 2 aliphatic heterocycles. The van der Waals surface area contributed by atoms with Crippen LogP contribution >= 0.6 is 0 Å². The Balaban J connectivity index is 1.78. The SMILES string of the molecule is CC(C)CCN1CC2Oc3ncccc3C(=O)N(C)C2C1. The second kappa shape index (κ2) is 5.64. The minimum atomic E-state index is 0.0105. The molecule has 3 heterocycles. The number of carbonyl (C=O) groups excluding carboxylic acids is 1. The summed E-state index contributed by atoms with van der Waals surface area (Å²) >= 11 is 0. The molecule has 1 fully saturated rings. The second-order valence-corrected chi connectivity index (χ2v) is 6.44. The first-order chi connectivity index (χ1) is 10.1. The topological polar surface area (TPSA) is 45.7 Å². The Labute approximate surface area is 125 Å². The van der Waals surface area contributed by atoms with Gasteiger partial charge >= 0.3 is 0 Å². The Morgan fingerprint density at radius 3 is 3.00 bits per heavy atom. The number of hydrogen-bond donors (Lipinski definition) is 0. The molecule has 0 aliphatic carbocycles. The van der Waals surface area contributed by atoms with Gasteiger partial charge in [-0.05, 0) is 31.0 Å². The summed E-state index contributed by atoms with van der Waals surface area (Å²) in [7, 11) is 1.87. The molecule has 2 aliphatic rings. The van der Waals surface area contributed by atoms with Gasteiger partial charge in [0.1, 0.15) is 11.7 Å². The van der Waals surface area contributed by atoms with Crippen LogP contribution in [0.3, 0.4) is 0 Å². The Kier molecular flexibility index (Phi) is 3.85. The molecule has 5 nitrogen and oxygen atoms in total. The van der Waals surface area contributed by atoms with Gasteiger partial charge in [-0.3, -0.25) is 9.69 Å². The lowest BCUT2D eigenvalue weighted by Crippen LogP contribution is -2.44. The maximum Gasteiger partial charge on any atom is 0.259 e. The summed E-state index contributed by atoms with van der Waals surface area (Å²) in [5, 5.41) is 0. The third-order valence-corrected chi connectivity index (χ3v) is 4.42. The number of aromatic nitrogens is 1. The van der Waals surface area contributed by atoms with E-state index in [2.05, 4.69) is 23.7 Å². The highest BCUT2D eigenvalue weighted by atomic mass is 16.5. The summed E-state index contributed by atoms with van der Waals surface area (Å²) in [6.07, 6.45) is 2.87. The Morgan fingerprint density at radius 1 is 1.43 bits per heavy atom. The van der Waals surface area contributed by atoms with Gasteiger partial charge in [0.15, 0.2) is 0 Å². The minimum Gasteiger partial charge on any atom is -0.470 e. The number of fused-ring (bicyclic) bond motifs is 2. The third-order valence-electron chi connectivity index (χ3n) is 4.42. The molecule has 5 heteroatoms. The van der Waals surface area contributed by atoms with Crippen LogP contribution in [-0.2, 0) is 0 Å². The summed E-state index contributed by atoms with van der Waals surface area (Å²) in [4.78, 5) is 21.0. The molecule has 2 unspecified atom stereocenters. The van der Waals surface area contributed by atoms with Gasteiger partial charge in [-0.2, -0.15) is 0 Å². The van der Waals surface area contributed by atoms with Crippen LogP contribution in [0.15, 0.2) is 18.3 Å². The van der Waals surface area contributed by atoms with Crippen molar-refractivity contribution < 1.29 is 9.53 Å². The lowest BCUT2D eigenvalue weighted by Gasteiger charge is -2.25. The standard InChI is InChI=1S/C16H23N3O2/c1-11(2)6-8-19-9-13-14(10-19)21-15-12(5-4-7-17-15)16(20)18(13)3/h4-5,7,11,13-14H,6,8-10H2,1-3H3. The van der Waals surface area contributed by atoms with Gasteiger partial charge in [-0.1, -0.05) is 13.8 Å². The van der Waals surface area contributed by atoms with Gasteiger partial charge < -0.3 is 9.64 Å². The van der Waals surface area contributed by atoms with Crippen molar-refractivity contribution >= 4 is 5.91 Å². The van der Waals surface area contributed by atoms with E-state index in [-0.39, 0.29) is 18.1 Å². The molecule has 1 aromatic rings. The number of ether oxygens (including phenoxy) is 1. The fourth-order valence-electron chi connectivity index (χ4n) is 3.08. The van der Waals surface area contributed by atoms with E-state index >= 15 is 0 Å².